The number of fused-ring (bicyclic) bond motifs is 1. The van der Waals surface area contributed by atoms with Crippen LogP contribution in [0, 0.1) is 6.92 Å². The summed E-state index contributed by atoms with van der Waals surface area (Å²) in [5, 5.41) is 17.3. The molecule has 8 heteroatoms. The zero-order valence-corrected chi connectivity index (χ0v) is 23.4. The summed E-state index contributed by atoms with van der Waals surface area (Å²) < 4.78 is 17.6. The van der Waals surface area contributed by atoms with Gasteiger partial charge in [0.1, 0.15) is 6.61 Å². The van der Waals surface area contributed by atoms with Crippen LogP contribution in [0.25, 0.3) is 21.2 Å². The van der Waals surface area contributed by atoms with Crippen LogP contribution in [0.5, 0.6) is 11.5 Å². The van der Waals surface area contributed by atoms with Crippen molar-refractivity contribution in [3.05, 3.63) is 101 Å². The van der Waals surface area contributed by atoms with Crippen LogP contribution in [-0.4, -0.2) is 29.7 Å². The summed E-state index contributed by atoms with van der Waals surface area (Å²) in [5.41, 5.74) is 6.42. The van der Waals surface area contributed by atoms with Crippen LogP contribution in [0.4, 0.5) is 11.5 Å². The van der Waals surface area contributed by atoms with Gasteiger partial charge < -0.3 is 25.2 Å². The molecule has 0 amide bonds. The molecule has 5 rings (SSSR count). The van der Waals surface area contributed by atoms with E-state index in [-0.39, 0.29) is 6.61 Å². The number of aliphatic hydroxyl groups is 1. The zero-order valence-electron chi connectivity index (χ0n) is 21.8. The zero-order chi connectivity index (χ0) is 27.2. The molecule has 0 saturated carbocycles. The molecule has 0 radical (unpaired) electrons. The molecule has 0 atom stereocenters. The first-order valence-corrected chi connectivity index (χ1v) is 13.8. The van der Waals surface area contributed by atoms with Crippen molar-refractivity contribution in [2.45, 2.75) is 20.1 Å². The highest BCUT2D eigenvalue weighted by molar-refractivity contribution is 7.14. The van der Waals surface area contributed by atoms with E-state index in [0.29, 0.717) is 36.2 Å². The summed E-state index contributed by atoms with van der Waals surface area (Å²) in [7, 11) is 1.64. The van der Waals surface area contributed by atoms with Gasteiger partial charge in [0, 0.05) is 24.0 Å². The Labute approximate surface area is 237 Å². The van der Waals surface area contributed by atoms with Gasteiger partial charge in [-0.15, -0.1) is 0 Å². The van der Waals surface area contributed by atoms with Gasteiger partial charge in [-0.05, 0) is 71.0 Å². The molecule has 0 bridgehead atoms. The number of hydrogen-bond acceptors (Lipinski definition) is 7. The van der Waals surface area contributed by atoms with Gasteiger partial charge in [-0.3, -0.25) is 0 Å². The van der Waals surface area contributed by atoms with E-state index in [1.165, 1.54) is 11.5 Å². The Morgan fingerprint density at radius 2 is 1.77 bits per heavy atom. The molecule has 1 heterocycles. The van der Waals surface area contributed by atoms with Crippen molar-refractivity contribution in [1.82, 2.24) is 9.69 Å². The predicted octanol–water partition coefficient (Wildman–Crippen LogP) is 7.34. The lowest BCUT2D eigenvalue weighted by Crippen LogP contribution is -2.17. The van der Waals surface area contributed by atoms with Crippen LogP contribution in [0.15, 0.2) is 78.9 Å². The largest absolute Gasteiger partial charge is 0.493 e. The number of nitrogens with one attached hydrogen (secondary N) is 2. The second-order valence-corrected chi connectivity index (χ2v) is 10.3. The molecule has 0 aliphatic rings. The fourth-order valence-electron chi connectivity index (χ4n) is 4.49. The number of halogens is 1. The Hall–Kier alpha value is -3.62. The minimum absolute atomic E-state index is 0.106. The molecule has 0 aliphatic heterocycles. The number of rotatable bonds is 11. The van der Waals surface area contributed by atoms with Crippen LogP contribution in [0.3, 0.4) is 0 Å². The normalized spacial score (nSPS) is 11.1. The van der Waals surface area contributed by atoms with Crippen molar-refractivity contribution < 1.29 is 14.6 Å². The van der Waals surface area contributed by atoms with E-state index in [9.17, 15) is 0 Å². The molecule has 0 spiro atoms. The van der Waals surface area contributed by atoms with E-state index in [0.717, 1.165) is 49.4 Å². The third kappa shape index (κ3) is 6.02. The van der Waals surface area contributed by atoms with E-state index in [1.54, 1.807) is 7.11 Å². The lowest BCUT2D eigenvalue weighted by atomic mass is 9.96. The number of benzene rings is 4. The number of aromatic nitrogens is 1. The van der Waals surface area contributed by atoms with Gasteiger partial charge in [0.25, 0.3) is 0 Å². The van der Waals surface area contributed by atoms with Gasteiger partial charge in [0.15, 0.2) is 17.3 Å². The monoisotopic (exact) mass is 559 g/mol. The molecular weight excluding hydrogens is 530 g/mol. The summed E-state index contributed by atoms with van der Waals surface area (Å²) in [6, 6.07) is 26.1. The number of anilines is 2. The summed E-state index contributed by atoms with van der Waals surface area (Å²) in [5.74, 6) is 2.16. The fraction of sp³-hybridized carbons (Fsp3) is 0.194. The quantitative estimate of drug-likeness (QED) is 0.147. The molecule has 39 heavy (non-hydrogen) atoms. The lowest BCUT2D eigenvalue weighted by molar-refractivity contribution is 0.283. The lowest BCUT2D eigenvalue weighted by Gasteiger charge is -2.15. The second-order valence-electron chi connectivity index (χ2n) is 9.08. The maximum atomic E-state index is 8.98. The Balaban J connectivity index is 1.38. The topological polar surface area (TPSA) is 75.6 Å². The minimum Gasteiger partial charge on any atom is -0.493 e. The van der Waals surface area contributed by atoms with E-state index in [4.69, 9.17) is 30.6 Å². The number of aliphatic hydroxyl groups excluding tert-OH is 1. The van der Waals surface area contributed by atoms with E-state index < -0.39 is 0 Å². The third-order valence-electron chi connectivity index (χ3n) is 6.59. The Morgan fingerprint density at radius 3 is 2.59 bits per heavy atom. The van der Waals surface area contributed by atoms with E-state index in [1.807, 2.05) is 42.5 Å². The Kier molecular flexibility index (Phi) is 8.64. The van der Waals surface area contributed by atoms with Crippen LogP contribution >= 0.6 is 23.1 Å². The Morgan fingerprint density at radius 1 is 0.949 bits per heavy atom. The van der Waals surface area contributed by atoms with Gasteiger partial charge in [-0.2, -0.15) is 4.37 Å². The minimum atomic E-state index is 0.106. The van der Waals surface area contributed by atoms with Gasteiger partial charge in [-0.25, -0.2) is 0 Å². The number of hydrogen-bond donors (Lipinski definition) is 3. The first kappa shape index (κ1) is 27.0. The summed E-state index contributed by atoms with van der Waals surface area (Å²) >= 11 is 7.84. The summed E-state index contributed by atoms with van der Waals surface area (Å²) in [4.78, 5) is 0. The average Bonchev–Trinajstić information content (AvgIpc) is 3.37. The number of para-hydroxylation sites is 1. The molecule has 3 N–H and O–H groups in total. The molecule has 0 saturated heterocycles. The number of methoxy groups -OCH3 is 1. The van der Waals surface area contributed by atoms with Gasteiger partial charge >= 0.3 is 0 Å². The predicted molar refractivity (Wildman–Crippen MR) is 161 cm³/mol. The second kappa shape index (κ2) is 12.5. The molecule has 1 aromatic heterocycles. The maximum absolute atomic E-state index is 8.98. The third-order valence-corrected chi connectivity index (χ3v) is 7.82. The van der Waals surface area contributed by atoms with Crippen LogP contribution in [0.1, 0.15) is 16.7 Å². The smallest absolute Gasteiger partial charge is 0.161 e. The van der Waals surface area contributed by atoms with Crippen LogP contribution < -0.4 is 20.1 Å². The summed E-state index contributed by atoms with van der Waals surface area (Å²) in [6.45, 7) is 3.84. The van der Waals surface area contributed by atoms with Gasteiger partial charge in [-0.1, -0.05) is 60.1 Å². The molecular formula is C31H30ClN3O3S. The molecule has 4 aromatic carbocycles. The molecule has 6 nitrogen and oxygen atoms in total. The van der Waals surface area contributed by atoms with E-state index >= 15 is 0 Å². The molecule has 0 unspecified atom stereocenters. The molecule has 0 fully saturated rings. The number of nitrogens with zero attached hydrogens (tertiary/aromatic N) is 1. The molecule has 0 aliphatic carbocycles. The van der Waals surface area contributed by atoms with Crippen molar-refractivity contribution in [2.75, 3.05) is 25.6 Å². The average molecular weight is 560 g/mol. The highest BCUT2D eigenvalue weighted by Gasteiger charge is 2.15. The van der Waals surface area contributed by atoms with E-state index in [2.05, 4.69) is 54.0 Å². The van der Waals surface area contributed by atoms with Crippen molar-refractivity contribution in [3.63, 3.8) is 0 Å². The highest BCUT2D eigenvalue weighted by Crippen LogP contribution is 2.39. The van der Waals surface area contributed by atoms with Crippen molar-refractivity contribution >= 4 is 44.7 Å². The molecule has 5 aromatic rings. The SMILES string of the molecule is COc1cc(CNCCO)ccc1OCc1cccc(-c2cccc3c(Nc4ccccc4Cl)nsc23)c1C. The standard InChI is InChI=1S/C31H30ClN3O3S/c1-20-22(19-38-28-14-13-21(17-29(28)37-2)18-33-15-16-36)7-5-8-23(20)24-9-6-10-25-30(24)39-35-31(25)34-27-12-4-3-11-26(27)32/h3-14,17,33,36H,15-16,18-19H2,1-2H3,(H,34,35). The fourth-order valence-corrected chi connectivity index (χ4v) is 5.54. The summed E-state index contributed by atoms with van der Waals surface area (Å²) in [6.07, 6.45) is 0. The number of ether oxygens (including phenoxy) is 2. The van der Waals surface area contributed by atoms with Gasteiger partial charge in [0.2, 0.25) is 0 Å². The highest BCUT2D eigenvalue weighted by atomic mass is 35.5. The molecule has 200 valence electrons. The van der Waals surface area contributed by atoms with Crippen molar-refractivity contribution in [2.24, 2.45) is 0 Å². The first-order valence-electron chi connectivity index (χ1n) is 12.7. The van der Waals surface area contributed by atoms with Crippen molar-refractivity contribution in [1.29, 1.82) is 0 Å². The van der Waals surface area contributed by atoms with Gasteiger partial charge in [0.05, 0.1) is 29.1 Å². The first-order chi connectivity index (χ1) is 19.1. The Bertz CT molecular complexity index is 1590. The van der Waals surface area contributed by atoms with Crippen molar-refractivity contribution in [3.8, 4) is 22.6 Å². The van der Waals surface area contributed by atoms with Crippen LogP contribution in [-0.2, 0) is 13.2 Å². The van der Waals surface area contributed by atoms with Crippen LogP contribution in [0.2, 0.25) is 5.02 Å². The maximum Gasteiger partial charge on any atom is 0.161 e.